The van der Waals surface area contributed by atoms with E-state index in [1.807, 2.05) is 73.8 Å². The third kappa shape index (κ3) is 4.25. The van der Waals surface area contributed by atoms with Gasteiger partial charge < -0.3 is 5.32 Å². The lowest BCUT2D eigenvalue weighted by Crippen LogP contribution is -2.24. The topological polar surface area (TPSA) is 70.7 Å². The Morgan fingerprint density at radius 1 is 1.25 bits per heavy atom. The van der Waals surface area contributed by atoms with Gasteiger partial charge in [-0.25, -0.2) is 4.68 Å². The largest absolute Gasteiger partial charge is 0.348 e. The molecule has 0 aliphatic carbocycles. The maximum atomic E-state index is 12.2. The second-order valence-corrected chi connectivity index (χ2v) is 6.25. The number of aromatic nitrogens is 2. The van der Waals surface area contributed by atoms with Gasteiger partial charge in [0.25, 0.3) is 5.91 Å². The minimum Gasteiger partial charge on any atom is -0.348 e. The van der Waals surface area contributed by atoms with Gasteiger partial charge in [-0.3, -0.25) is 4.79 Å². The first-order valence-corrected chi connectivity index (χ1v) is 8.85. The highest BCUT2D eigenvalue weighted by molar-refractivity contribution is 6.02. The van der Waals surface area contributed by atoms with E-state index in [9.17, 15) is 10.1 Å². The average Bonchev–Trinajstić information content (AvgIpc) is 3.15. The molecule has 3 rings (SSSR count). The van der Waals surface area contributed by atoms with Crippen LogP contribution in [0.3, 0.4) is 0 Å². The molecule has 0 fully saturated rings. The predicted octanol–water partition coefficient (Wildman–Crippen LogP) is 4.06. The smallest absolute Gasteiger partial charge is 0.262 e. The summed E-state index contributed by atoms with van der Waals surface area (Å²) in [5, 5.41) is 16.8. The van der Waals surface area contributed by atoms with Crippen LogP contribution in [0.4, 0.5) is 0 Å². The molecule has 0 aliphatic rings. The van der Waals surface area contributed by atoms with Crippen molar-refractivity contribution < 1.29 is 4.79 Å². The molecule has 3 aromatic rings. The highest BCUT2D eigenvalue weighted by Gasteiger charge is 2.14. The molecule has 0 saturated carbocycles. The van der Waals surface area contributed by atoms with Gasteiger partial charge in [0, 0.05) is 23.9 Å². The number of hydrogen-bond acceptors (Lipinski definition) is 3. The van der Waals surface area contributed by atoms with Crippen molar-refractivity contribution in [1.82, 2.24) is 15.1 Å². The van der Waals surface area contributed by atoms with Crippen molar-refractivity contribution in [3.8, 4) is 23.0 Å². The van der Waals surface area contributed by atoms with E-state index in [0.29, 0.717) is 17.8 Å². The lowest BCUT2D eigenvalue weighted by molar-refractivity contribution is -0.116. The lowest BCUT2D eigenvalue weighted by Gasteiger charge is -2.02. The lowest BCUT2D eigenvalue weighted by atomic mass is 10.0. The summed E-state index contributed by atoms with van der Waals surface area (Å²) in [4.78, 5) is 12.2. The molecular weight excluding hydrogens is 348 g/mol. The van der Waals surface area contributed by atoms with Gasteiger partial charge in [0.05, 0.1) is 5.69 Å². The number of aryl methyl sites for hydroxylation is 1. The Labute approximate surface area is 164 Å². The molecule has 1 aromatic heterocycles. The Balaban J connectivity index is 2.11. The third-order valence-electron chi connectivity index (χ3n) is 4.13. The van der Waals surface area contributed by atoms with Gasteiger partial charge in [-0.2, -0.15) is 10.4 Å². The molecule has 0 bridgehead atoms. The first-order chi connectivity index (χ1) is 13.6. The van der Waals surface area contributed by atoms with Crippen molar-refractivity contribution >= 4 is 12.0 Å². The van der Waals surface area contributed by atoms with E-state index in [1.165, 1.54) is 0 Å². The van der Waals surface area contributed by atoms with Gasteiger partial charge >= 0.3 is 0 Å². The van der Waals surface area contributed by atoms with Crippen LogP contribution in [0.5, 0.6) is 0 Å². The summed E-state index contributed by atoms with van der Waals surface area (Å²) in [6, 6.07) is 19.6. The van der Waals surface area contributed by atoms with Crippen molar-refractivity contribution in [2.45, 2.75) is 6.92 Å². The number of benzene rings is 2. The van der Waals surface area contributed by atoms with E-state index in [2.05, 4.69) is 11.9 Å². The third-order valence-corrected chi connectivity index (χ3v) is 4.13. The van der Waals surface area contributed by atoms with E-state index < -0.39 is 5.91 Å². The van der Waals surface area contributed by atoms with Crippen LogP contribution in [0.25, 0.3) is 23.0 Å². The second kappa shape index (κ2) is 8.65. The zero-order valence-corrected chi connectivity index (χ0v) is 15.6. The van der Waals surface area contributed by atoms with Crippen molar-refractivity contribution in [3.05, 3.63) is 90.1 Å². The molecule has 0 unspecified atom stereocenters. The maximum Gasteiger partial charge on any atom is 0.262 e. The van der Waals surface area contributed by atoms with Gasteiger partial charge in [0.2, 0.25) is 0 Å². The van der Waals surface area contributed by atoms with Crippen molar-refractivity contribution in [1.29, 1.82) is 5.26 Å². The standard InChI is InChI=1S/C23H20N4O/c1-3-12-25-23(28)19(15-24)14-20-16-27(21-10-5-4-6-11-21)26-22(20)18-9-7-8-17(2)13-18/h3-11,13-14,16H,1,12H2,2H3,(H,25,28)/b19-14+. The van der Waals surface area contributed by atoms with Crippen LogP contribution < -0.4 is 5.32 Å². The molecule has 0 spiro atoms. The number of hydrogen-bond donors (Lipinski definition) is 1. The Morgan fingerprint density at radius 2 is 2.04 bits per heavy atom. The molecule has 5 nitrogen and oxygen atoms in total. The minimum atomic E-state index is -0.440. The fourth-order valence-electron chi connectivity index (χ4n) is 2.79. The number of carbonyl (C=O) groups is 1. The summed E-state index contributed by atoms with van der Waals surface area (Å²) >= 11 is 0. The normalized spacial score (nSPS) is 10.9. The number of nitrogens with zero attached hydrogens (tertiary/aromatic N) is 3. The van der Waals surface area contributed by atoms with Gasteiger partial charge in [0.15, 0.2) is 0 Å². The van der Waals surface area contributed by atoms with Crippen molar-refractivity contribution in [3.63, 3.8) is 0 Å². The van der Waals surface area contributed by atoms with Gasteiger partial charge in [0.1, 0.15) is 17.3 Å². The molecule has 1 amide bonds. The van der Waals surface area contributed by atoms with E-state index in [0.717, 1.165) is 16.8 Å². The minimum absolute atomic E-state index is 0.0170. The summed E-state index contributed by atoms with van der Waals surface area (Å²) in [5.41, 5.74) is 4.33. The Morgan fingerprint density at radius 3 is 2.71 bits per heavy atom. The first-order valence-electron chi connectivity index (χ1n) is 8.85. The monoisotopic (exact) mass is 368 g/mol. The van der Waals surface area contributed by atoms with E-state index >= 15 is 0 Å². The molecule has 138 valence electrons. The second-order valence-electron chi connectivity index (χ2n) is 6.25. The Bertz CT molecular complexity index is 1070. The van der Waals surface area contributed by atoms with Crippen molar-refractivity contribution in [2.75, 3.05) is 6.54 Å². The molecule has 2 aromatic carbocycles. The van der Waals surface area contributed by atoms with Crippen LogP contribution in [0.15, 0.2) is 79.0 Å². The summed E-state index contributed by atoms with van der Waals surface area (Å²) in [7, 11) is 0. The zero-order chi connectivity index (χ0) is 19.9. The molecule has 1 N–H and O–H groups in total. The molecule has 1 heterocycles. The molecule has 28 heavy (non-hydrogen) atoms. The molecule has 0 saturated heterocycles. The number of rotatable bonds is 6. The summed E-state index contributed by atoms with van der Waals surface area (Å²) in [5.74, 6) is -0.440. The van der Waals surface area contributed by atoms with Crippen LogP contribution in [-0.2, 0) is 4.79 Å². The van der Waals surface area contributed by atoms with Crippen LogP contribution in [-0.4, -0.2) is 22.2 Å². The number of amides is 1. The molecule has 0 atom stereocenters. The van der Waals surface area contributed by atoms with Crippen LogP contribution in [0.2, 0.25) is 0 Å². The number of carbonyl (C=O) groups excluding carboxylic acids is 1. The van der Waals surface area contributed by atoms with E-state index in [1.54, 1.807) is 16.8 Å². The molecule has 0 radical (unpaired) electrons. The SMILES string of the molecule is C=CCNC(=O)/C(C#N)=C/c1cn(-c2ccccc2)nc1-c1cccc(C)c1. The highest BCUT2D eigenvalue weighted by Crippen LogP contribution is 2.26. The van der Waals surface area contributed by atoms with Gasteiger partial charge in [-0.05, 0) is 31.2 Å². The highest BCUT2D eigenvalue weighted by atomic mass is 16.1. The Kier molecular flexibility index (Phi) is 5.83. The molecule has 5 heteroatoms. The van der Waals surface area contributed by atoms with E-state index in [4.69, 9.17) is 5.10 Å². The fraction of sp³-hybridized carbons (Fsp3) is 0.0870. The molecule has 0 aliphatic heterocycles. The quantitative estimate of drug-likeness (QED) is 0.405. The van der Waals surface area contributed by atoms with E-state index in [-0.39, 0.29) is 5.57 Å². The number of nitriles is 1. The number of nitrogens with one attached hydrogen (secondary N) is 1. The van der Waals surface area contributed by atoms with Crippen LogP contribution in [0, 0.1) is 18.3 Å². The average molecular weight is 368 g/mol. The predicted molar refractivity (Wildman–Crippen MR) is 111 cm³/mol. The number of para-hydroxylation sites is 1. The van der Waals surface area contributed by atoms with Crippen LogP contribution >= 0.6 is 0 Å². The van der Waals surface area contributed by atoms with Crippen LogP contribution in [0.1, 0.15) is 11.1 Å². The van der Waals surface area contributed by atoms with Gasteiger partial charge in [-0.1, -0.05) is 48.0 Å². The van der Waals surface area contributed by atoms with Gasteiger partial charge in [-0.15, -0.1) is 6.58 Å². The molecular formula is C23H20N4O. The zero-order valence-electron chi connectivity index (χ0n) is 15.6. The summed E-state index contributed by atoms with van der Waals surface area (Å²) < 4.78 is 1.75. The Hall–Kier alpha value is -3.91. The maximum absolute atomic E-state index is 12.2. The summed E-state index contributed by atoms with van der Waals surface area (Å²) in [6.45, 7) is 5.88. The first kappa shape index (κ1) is 18.9. The summed E-state index contributed by atoms with van der Waals surface area (Å²) in [6.07, 6.45) is 4.96. The fourth-order valence-corrected chi connectivity index (χ4v) is 2.79. The van der Waals surface area contributed by atoms with Crippen molar-refractivity contribution in [2.24, 2.45) is 0 Å².